The van der Waals surface area contributed by atoms with Gasteiger partial charge >= 0.3 is 6.61 Å². The molecular weight excluding hydrogens is 202 g/mol. The average Bonchev–Trinajstić information content (AvgIpc) is 2.97. The van der Waals surface area contributed by atoms with Crippen LogP contribution in [0.4, 0.5) is 8.78 Å². The van der Waals surface area contributed by atoms with Crippen molar-refractivity contribution >= 4 is 0 Å². The quantitative estimate of drug-likeness (QED) is 0.833. The van der Waals surface area contributed by atoms with Crippen LogP contribution in [0.2, 0.25) is 0 Å². The first kappa shape index (κ1) is 10.4. The van der Waals surface area contributed by atoms with E-state index in [1.807, 2.05) is 0 Å². The molecule has 82 valence electrons. The molecule has 1 aromatic rings. The van der Waals surface area contributed by atoms with E-state index >= 15 is 0 Å². The van der Waals surface area contributed by atoms with E-state index in [4.69, 9.17) is 5.11 Å². The van der Waals surface area contributed by atoms with Crippen LogP contribution in [0.25, 0.3) is 0 Å². The lowest BCUT2D eigenvalue weighted by atomic mass is 10.1. The van der Waals surface area contributed by atoms with Gasteiger partial charge in [-0.05, 0) is 36.0 Å². The minimum atomic E-state index is -2.78. The zero-order valence-electron chi connectivity index (χ0n) is 8.07. The molecule has 2 rings (SSSR count). The highest BCUT2D eigenvalue weighted by Gasteiger charge is 2.37. The standard InChI is InChI=1S/C11H12F2O2/c12-11(13)15-9-3-1-7(2-4-9)10-5-8(10)6-14/h1-4,8,10-11,14H,5-6H2/t8-,10-/m0/s1. The lowest BCUT2D eigenvalue weighted by Crippen LogP contribution is -2.01. The summed E-state index contributed by atoms with van der Waals surface area (Å²) in [6, 6.07) is 6.62. The largest absolute Gasteiger partial charge is 0.435 e. The molecule has 2 atom stereocenters. The zero-order chi connectivity index (χ0) is 10.8. The molecule has 1 N–H and O–H groups in total. The third kappa shape index (κ3) is 2.45. The van der Waals surface area contributed by atoms with E-state index in [0.29, 0.717) is 11.8 Å². The third-order valence-electron chi connectivity index (χ3n) is 2.69. The topological polar surface area (TPSA) is 29.5 Å². The summed E-state index contributed by atoms with van der Waals surface area (Å²) >= 11 is 0. The number of hydrogen-bond donors (Lipinski definition) is 1. The molecule has 1 aliphatic rings. The lowest BCUT2D eigenvalue weighted by molar-refractivity contribution is -0.0498. The van der Waals surface area contributed by atoms with Gasteiger partial charge in [-0.25, -0.2) is 0 Å². The van der Waals surface area contributed by atoms with Crippen LogP contribution in [0.3, 0.4) is 0 Å². The summed E-state index contributed by atoms with van der Waals surface area (Å²) in [6.45, 7) is -2.58. The van der Waals surface area contributed by atoms with Gasteiger partial charge in [0, 0.05) is 6.61 Å². The highest BCUT2D eigenvalue weighted by molar-refractivity contribution is 5.32. The molecule has 0 spiro atoms. The fourth-order valence-electron chi connectivity index (χ4n) is 1.75. The zero-order valence-corrected chi connectivity index (χ0v) is 8.07. The molecule has 1 fully saturated rings. The minimum Gasteiger partial charge on any atom is -0.435 e. The van der Waals surface area contributed by atoms with Gasteiger partial charge < -0.3 is 9.84 Å². The van der Waals surface area contributed by atoms with Gasteiger partial charge in [-0.1, -0.05) is 12.1 Å². The lowest BCUT2D eigenvalue weighted by Gasteiger charge is -2.05. The van der Waals surface area contributed by atoms with Crippen LogP contribution >= 0.6 is 0 Å². The predicted molar refractivity (Wildman–Crippen MR) is 51.0 cm³/mol. The molecule has 0 aromatic heterocycles. The van der Waals surface area contributed by atoms with Crippen LogP contribution in [-0.4, -0.2) is 18.3 Å². The molecule has 1 aliphatic carbocycles. The summed E-state index contributed by atoms with van der Waals surface area (Å²) in [5.74, 6) is 0.900. The summed E-state index contributed by atoms with van der Waals surface area (Å²) in [4.78, 5) is 0. The molecule has 0 radical (unpaired) electrons. The first-order valence-corrected chi connectivity index (χ1v) is 4.86. The molecule has 0 aliphatic heterocycles. The van der Waals surface area contributed by atoms with E-state index in [2.05, 4.69) is 4.74 Å². The number of rotatable bonds is 4. The third-order valence-corrected chi connectivity index (χ3v) is 2.69. The minimum absolute atomic E-state index is 0.176. The first-order valence-electron chi connectivity index (χ1n) is 4.86. The van der Waals surface area contributed by atoms with Crippen molar-refractivity contribution in [2.45, 2.75) is 19.0 Å². The Morgan fingerprint density at radius 1 is 1.33 bits per heavy atom. The van der Waals surface area contributed by atoms with Crippen molar-refractivity contribution < 1.29 is 18.6 Å². The molecule has 0 heterocycles. The Balaban J connectivity index is 1.99. The summed E-state index contributed by atoms with van der Waals surface area (Å²) in [6.07, 6.45) is 0.978. The first-order chi connectivity index (χ1) is 7.20. The van der Waals surface area contributed by atoms with Crippen LogP contribution in [-0.2, 0) is 0 Å². The molecule has 15 heavy (non-hydrogen) atoms. The second-order valence-electron chi connectivity index (χ2n) is 3.73. The van der Waals surface area contributed by atoms with Gasteiger partial charge in [0.05, 0.1) is 0 Å². The van der Waals surface area contributed by atoms with E-state index in [1.54, 1.807) is 12.1 Å². The van der Waals surface area contributed by atoms with Crippen molar-refractivity contribution in [3.05, 3.63) is 29.8 Å². The second kappa shape index (κ2) is 4.14. The van der Waals surface area contributed by atoms with E-state index in [1.165, 1.54) is 12.1 Å². The number of ether oxygens (including phenoxy) is 1. The van der Waals surface area contributed by atoms with Gasteiger partial charge in [-0.15, -0.1) is 0 Å². The molecule has 4 heteroatoms. The highest BCUT2D eigenvalue weighted by atomic mass is 19.3. The molecule has 2 nitrogen and oxygen atoms in total. The highest BCUT2D eigenvalue weighted by Crippen LogP contribution is 2.47. The van der Waals surface area contributed by atoms with Gasteiger partial charge in [0.2, 0.25) is 0 Å². The number of aliphatic hydroxyl groups is 1. The van der Waals surface area contributed by atoms with E-state index < -0.39 is 6.61 Å². The van der Waals surface area contributed by atoms with Crippen LogP contribution in [0.15, 0.2) is 24.3 Å². The molecular formula is C11H12F2O2. The maximum Gasteiger partial charge on any atom is 0.387 e. The maximum absolute atomic E-state index is 11.9. The van der Waals surface area contributed by atoms with Gasteiger partial charge in [0.1, 0.15) is 5.75 Å². The van der Waals surface area contributed by atoms with Crippen LogP contribution < -0.4 is 4.74 Å². The van der Waals surface area contributed by atoms with Crippen LogP contribution in [0.1, 0.15) is 17.9 Å². The Labute approximate surface area is 86.5 Å². The normalized spacial score (nSPS) is 24.3. The van der Waals surface area contributed by atoms with Crippen molar-refractivity contribution in [3.8, 4) is 5.75 Å². The van der Waals surface area contributed by atoms with Gasteiger partial charge in [-0.3, -0.25) is 0 Å². The molecule has 1 saturated carbocycles. The number of alkyl halides is 2. The fraction of sp³-hybridized carbons (Fsp3) is 0.455. The van der Waals surface area contributed by atoms with Gasteiger partial charge in [-0.2, -0.15) is 8.78 Å². The Hall–Kier alpha value is -1.16. The Morgan fingerprint density at radius 2 is 2.00 bits per heavy atom. The smallest absolute Gasteiger partial charge is 0.387 e. The molecule has 0 saturated heterocycles. The summed E-state index contributed by atoms with van der Waals surface area (Å²) in [7, 11) is 0. The predicted octanol–water partition coefficient (Wildman–Crippen LogP) is 2.38. The maximum atomic E-state index is 11.9. The summed E-state index contributed by atoms with van der Waals surface area (Å²) in [5, 5.41) is 8.89. The average molecular weight is 214 g/mol. The van der Waals surface area contributed by atoms with Crippen molar-refractivity contribution in [1.29, 1.82) is 0 Å². The van der Waals surface area contributed by atoms with Crippen molar-refractivity contribution in [3.63, 3.8) is 0 Å². The Kier molecular flexibility index (Phi) is 2.86. The van der Waals surface area contributed by atoms with E-state index in [0.717, 1.165) is 12.0 Å². The number of aliphatic hydroxyl groups excluding tert-OH is 1. The molecule has 0 bridgehead atoms. The van der Waals surface area contributed by atoms with Gasteiger partial charge in [0.25, 0.3) is 0 Å². The second-order valence-corrected chi connectivity index (χ2v) is 3.73. The Morgan fingerprint density at radius 3 is 2.47 bits per heavy atom. The van der Waals surface area contributed by atoms with Crippen LogP contribution in [0.5, 0.6) is 5.75 Å². The molecule has 0 amide bonds. The van der Waals surface area contributed by atoms with Crippen LogP contribution in [0, 0.1) is 5.92 Å². The summed E-state index contributed by atoms with van der Waals surface area (Å²) in [5.41, 5.74) is 1.08. The Bertz CT molecular complexity index is 324. The fourth-order valence-corrected chi connectivity index (χ4v) is 1.75. The monoisotopic (exact) mass is 214 g/mol. The number of halogens is 2. The van der Waals surface area contributed by atoms with Gasteiger partial charge in [0.15, 0.2) is 0 Å². The summed E-state index contributed by atoms with van der Waals surface area (Å²) < 4.78 is 27.9. The number of benzene rings is 1. The van der Waals surface area contributed by atoms with E-state index in [-0.39, 0.29) is 12.4 Å². The van der Waals surface area contributed by atoms with Crippen molar-refractivity contribution in [2.24, 2.45) is 5.92 Å². The molecule has 1 aromatic carbocycles. The van der Waals surface area contributed by atoms with E-state index in [9.17, 15) is 8.78 Å². The van der Waals surface area contributed by atoms with Crippen molar-refractivity contribution in [2.75, 3.05) is 6.61 Å². The number of hydrogen-bond acceptors (Lipinski definition) is 2. The molecule has 0 unspecified atom stereocenters. The van der Waals surface area contributed by atoms with Crippen molar-refractivity contribution in [1.82, 2.24) is 0 Å². The SMILES string of the molecule is OC[C@@H]1C[C@H]1c1ccc(OC(F)F)cc1.